The third-order valence-electron chi connectivity index (χ3n) is 1.16. The van der Waals surface area contributed by atoms with Crippen molar-refractivity contribution < 1.29 is 13.0 Å². The molecule has 0 amide bonds. The van der Waals surface area contributed by atoms with Gasteiger partial charge in [-0.3, -0.25) is 0 Å². The van der Waals surface area contributed by atoms with E-state index in [0.29, 0.717) is 0 Å². The SMILES string of the molecule is CCSOc1ccc(F)cc1F. The molecule has 0 fully saturated rings. The van der Waals surface area contributed by atoms with Crippen molar-refractivity contribution in [3.63, 3.8) is 0 Å². The zero-order chi connectivity index (χ0) is 8.97. The van der Waals surface area contributed by atoms with Crippen LogP contribution in [0, 0.1) is 11.6 Å². The molecule has 0 saturated heterocycles. The van der Waals surface area contributed by atoms with Gasteiger partial charge in [-0.15, -0.1) is 0 Å². The Kier molecular flexibility index (Phi) is 3.34. The summed E-state index contributed by atoms with van der Waals surface area (Å²) in [7, 11) is 0. The highest BCUT2D eigenvalue weighted by molar-refractivity contribution is 7.94. The summed E-state index contributed by atoms with van der Waals surface area (Å²) < 4.78 is 30.1. The Morgan fingerprint density at radius 1 is 1.42 bits per heavy atom. The highest BCUT2D eigenvalue weighted by atomic mass is 32.2. The average molecular weight is 190 g/mol. The van der Waals surface area contributed by atoms with Crippen molar-refractivity contribution >= 4 is 12.0 Å². The van der Waals surface area contributed by atoms with Crippen LogP contribution in [0.15, 0.2) is 18.2 Å². The van der Waals surface area contributed by atoms with Gasteiger partial charge in [-0.1, -0.05) is 6.92 Å². The molecule has 0 unspecified atom stereocenters. The molecule has 0 spiro atoms. The Hall–Kier alpha value is -0.770. The van der Waals surface area contributed by atoms with Crippen molar-refractivity contribution in [3.8, 4) is 5.75 Å². The molecule has 1 aromatic carbocycles. The van der Waals surface area contributed by atoms with Crippen LogP contribution in [0.25, 0.3) is 0 Å². The van der Waals surface area contributed by atoms with Crippen molar-refractivity contribution in [2.45, 2.75) is 6.92 Å². The van der Waals surface area contributed by atoms with Gasteiger partial charge in [0, 0.05) is 11.8 Å². The standard InChI is InChI=1S/C8H8F2OS/c1-2-12-11-8-4-3-6(9)5-7(8)10/h3-5H,2H2,1H3. The minimum Gasteiger partial charge on any atom is -0.423 e. The third kappa shape index (κ3) is 2.37. The maximum Gasteiger partial charge on any atom is 0.173 e. The molecule has 0 bridgehead atoms. The van der Waals surface area contributed by atoms with Gasteiger partial charge in [0.25, 0.3) is 0 Å². The Bertz CT molecular complexity index is 265. The van der Waals surface area contributed by atoms with Gasteiger partial charge in [-0.2, -0.15) is 0 Å². The van der Waals surface area contributed by atoms with E-state index in [1.165, 1.54) is 6.07 Å². The molecule has 12 heavy (non-hydrogen) atoms. The average Bonchev–Trinajstić information content (AvgIpc) is 2.03. The van der Waals surface area contributed by atoms with E-state index in [2.05, 4.69) is 0 Å². The van der Waals surface area contributed by atoms with Gasteiger partial charge in [-0.05, 0) is 12.1 Å². The molecule has 0 aliphatic carbocycles. The lowest BCUT2D eigenvalue weighted by atomic mass is 10.3. The molecule has 1 rings (SSSR count). The fourth-order valence-electron chi connectivity index (χ4n) is 0.665. The van der Waals surface area contributed by atoms with Gasteiger partial charge in [0.05, 0.1) is 12.0 Å². The van der Waals surface area contributed by atoms with Crippen LogP contribution in [0.4, 0.5) is 8.78 Å². The molecule has 0 aliphatic heterocycles. The second-order valence-electron chi connectivity index (χ2n) is 2.06. The van der Waals surface area contributed by atoms with Crippen LogP contribution < -0.4 is 4.18 Å². The lowest BCUT2D eigenvalue weighted by molar-refractivity contribution is 0.525. The fourth-order valence-corrected chi connectivity index (χ4v) is 1.05. The Labute approximate surface area is 73.9 Å². The normalized spacial score (nSPS) is 9.92. The molecule has 0 radical (unpaired) electrons. The van der Waals surface area contributed by atoms with Crippen LogP contribution in [-0.2, 0) is 0 Å². The van der Waals surface area contributed by atoms with Crippen molar-refractivity contribution in [2.75, 3.05) is 5.75 Å². The summed E-state index contributed by atoms with van der Waals surface area (Å²) >= 11 is 1.12. The van der Waals surface area contributed by atoms with Crippen molar-refractivity contribution in [1.82, 2.24) is 0 Å². The van der Waals surface area contributed by atoms with Gasteiger partial charge in [0.15, 0.2) is 11.6 Å². The van der Waals surface area contributed by atoms with Gasteiger partial charge in [-0.25, -0.2) is 8.78 Å². The predicted octanol–water partition coefficient (Wildman–Crippen LogP) is 3.01. The highest BCUT2D eigenvalue weighted by Gasteiger charge is 2.03. The van der Waals surface area contributed by atoms with Crippen LogP contribution in [0.3, 0.4) is 0 Å². The van der Waals surface area contributed by atoms with E-state index in [4.69, 9.17) is 4.18 Å². The monoisotopic (exact) mass is 190 g/mol. The summed E-state index contributed by atoms with van der Waals surface area (Å²) in [6, 6.07) is 3.23. The van der Waals surface area contributed by atoms with Crippen LogP contribution in [-0.4, -0.2) is 5.75 Å². The zero-order valence-corrected chi connectivity index (χ0v) is 7.33. The van der Waals surface area contributed by atoms with Crippen LogP contribution in [0.5, 0.6) is 5.75 Å². The van der Waals surface area contributed by atoms with Gasteiger partial charge >= 0.3 is 0 Å². The van der Waals surface area contributed by atoms with Crippen molar-refractivity contribution in [2.24, 2.45) is 0 Å². The summed E-state index contributed by atoms with van der Waals surface area (Å²) in [5.74, 6) is -0.475. The summed E-state index contributed by atoms with van der Waals surface area (Å²) in [4.78, 5) is 0. The van der Waals surface area contributed by atoms with Gasteiger partial charge < -0.3 is 4.18 Å². The minimum atomic E-state index is -0.670. The highest BCUT2D eigenvalue weighted by Crippen LogP contribution is 2.21. The topological polar surface area (TPSA) is 9.23 Å². The molecule has 0 aromatic heterocycles. The minimum absolute atomic E-state index is 0.0725. The zero-order valence-electron chi connectivity index (χ0n) is 6.51. The summed E-state index contributed by atoms with van der Waals surface area (Å²) in [6.45, 7) is 1.88. The summed E-state index contributed by atoms with van der Waals surface area (Å²) in [5, 5.41) is 0. The van der Waals surface area contributed by atoms with E-state index < -0.39 is 11.6 Å². The molecular weight excluding hydrogens is 182 g/mol. The Balaban J connectivity index is 2.72. The lowest BCUT2D eigenvalue weighted by Crippen LogP contribution is -1.87. The molecule has 0 heterocycles. The van der Waals surface area contributed by atoms with Crippen LogP contribution >= 0.6 is 12.0 Å². The molecule has 0 saturated carbocycles. The lowest BCUT2D eigenvalue weighted by Gasteiger charge is -2.02. The van der Waals surface area contributed by atoms with E-state index in [-0.39, 0.29) is 5.75 Å². The number of benzene rings is 1. The maximum absolute atomic E-state index is 12.8. The maximum atomic E-state index is 12.8. The quantitative estimate of drug-likeness (QED) is 0.677. The molecular formula is C8H8F2OS. The number of hydrogen-bond acceptors (Lipinski definition) is 2. The van der Waals surface area contributed by atoms with E-state index in [1.807, 2.05) is 6.92 Å². The predicted molar refractivity (Wildman–Crippen MR) is 45.1 cm³/mol. The van der Waals surface area contributed by atoms with Gasteiger partial charge in [0.2, 0.25) is 0 Å². The molecule has 0 aliphatic rings. The number of halogens is 2. The first-order valence-electron chi connectivity index (χ1n) is 3.48. The van der Waals surface area contributed by atoms with Crippen molar-refractivity contribution in [1.29, 1.82) is 0 Å². The first-order chi connectivity index (χ1) is 5.74. The first-order valence-corrected chi connectivity index (χ1v) is 4.39. The van der Waals surface area contributed by atoms with E-state index in [0.717, 1.165) is 29.9 Å². The Morgan fingerprint density at radius 2 is 2.17 bits per heavy atom. The second-order valence-corrected chi connectivity index (χ2v) is 3.04. The molecule has 4 heteroatoms. The summed E-state index contributed by atoms with van der Waals surface area (Å²) in [6.07, 6.45) is 0. The molecule has 0 N–H and O–H groups in total. The smallest absolute Gasteiger partial charge is 0.173 e. The largest absolute Gasteiger partial charge is 0.423 e. The van der Waals surface area contributed by atoms with E-state index >= 15 is 0 Å². The molecule has 1 aromatic rings. The van der Waals surface area contributed by atoms with E-state index in [1.54, 1.807) is 0 Å². The molecule has 0 atom stereocenters. The molecule has 66 valence electrons. The number of hydrogen-bond donors (Lipinski definition) is 0. The molecule has 1 nitrogen and oxygen atoms in total. The first kappa shape index (κ1) is 9.32. The van der Waals surface area contributed by atoms with Crippen molar-refractivity contribution in [3.05, 3.63) is 29.8 Å². The van der Waals surface area contributed by atoms with Crippen LogP contribution in [0.2, 0.25) is 0 Å². The van der Waals surface area contributed by atoms with Gasteiger partial charge in [0.1, 0.15) is 5.82 Å². The fraction of sp³-hybridized carbons (Fsp3) is 0.250. The number of rotatable bonds is 3. The van der Waals surface area contributed by atoms with Crippen LogP contribution in [0.1, 0.15) is 6.92 Å². The summed E-state index contributed by atoms with van der Waals surface area (Å²) in [5.41, 5.74) is 0. The van der Waals surface area contributed by atoms with E-state index in [9.17, 15) is 8.78 Å². The Morgan fingerprint density at radius 3 is 2.75 bits per heavy atom. The second kappa shape index (κ2) is 4.30. The third-order valence-corrected chi connectivity index (χ3v) is 1.69.